The van der Waals surface area contributed by atoms with E-state index in [1.54, 1.807) is 17.9 Å². The normalized spacial score (nSPS) is 19.6. The van der Waals surface area contributed by atoms with Gasteiger partial charge in [0.25, 0.3) is 0 Å². The van der Waals surface area contributed by atoms with E-state index in [0.29, 0.717) is 30.7 Å². The Bertz CT molecular complexity index is 1080. The number of benzene rings is 2. The zero-order valence-corrected chi connectivity index (χ0v) is 20.5. The molecule has 3 atom stereocenters. The monoisotopic (exact) mass is 519 g/mol. The number of urea groups is 1. The average molecular weight is 520 g/mol. The number of halogens is 7. The van der Waals surface area contributed by atoms with Crippen molar-refractivity contribution in [2.75, 3.05) is 27.7 Å². The van der Waals surface area contributed by atoms with Crippen molar-refractivity contribution in [3.05, 3.63) is 70.0 Å². The van der Waals surface area contributed by atoms with Crippen molar-refractivity contribution in [2.45, 2.75) is 50.7 Å². The molecule has 1 aliphatic rings. The molecule has 0 N–H and O–H groups in total. The van der Waals surface area contributed by atoms with Crippen molar-refractivity contribution >= 4 is 6.03 Å². The predicted molar refractivity (Wildman–Crippen MR) is 121 cm³/mol. The minimum absolute atomic E-state index is 0.0630. The molecule has 0 radical (unpaired) electrons. The summed E-state index contributed by atoms with van der Waals surface area (Å²) in [6.07, 6.45) is -9.39. The molecule has 1 aliphatic heterocycles. The Morgan fingerprint density at radius 3 is 2.00 bits per heavy atom. The molecule has 0 saturated carbocycles. The highest BCUT2D eigenvalue weighted by molar-refractivity contribution is 5.76. The highest BCUT2D eigenvalue weighted by Gasteiger charge is 2.42. The van der Waals surface area contributed by atoms with Gasteiger partial charge in [-0.1, -0.05) is 6.07 Å². The first-order chi connectivity index (χ1) is 16.5. The summed E-state index contributed by atoms with van der Waals surface area (Å²) in [7, 11) is 5.04. The van der Waals surface area contributed by atoms with Gasteiger partial charge in [0.15, 0.2) is 0 Å². The highest BCUT2D eigenvalue weighted by atomic mass is 19.4. The molecule has 36 heavy (non-hydrogen) atoms. The first-order valence-corrected chi connectivity index (χ1v) is 11.3. The number of nitrogens with zero attached hydrogens (tertiary/aromatic N) is 3. The lowest BCUT2D eigenvalue weighted by atomic mass is 9.95. The van der Waals surface area contributed by atoms with Crippen molar-refractivity contribution in [2.24, 2.45) is 0 Å². The molecule has 4 nitrogen and oxygen atoms in total. The zero-order valence-electron chi connectivity index (χ0n) is 20.5. The molecule has 1 fully saturated rings. The number of amides is 2. The van der Waals surface area contributed by atoms with Crippen LogP contribution in [0.1, 0.15) is 53.2 Å². The van der Waals surface area contributed by atoms with Crippen LogP contribution in [-0.4, -0.2) is 54.5 Å². The SMILES string of the molecule is Cc1cc(F)ccc1C1C(N(C)C)CCN1C(=O)N(C)C(C)c1cc(C(F)(F)F)cc(C(F)(F)F)c1. The molecule has 198 valence electrons. The number of hydrogen-bond acceptors (Lipinski definition) is 2. The van der Waals surface area contributed by atoms with Gasteiger partial charge in [-0.25, -0.2) is 9.18 Å². The summed E-state index contributed by atoms with van der Waals surface area (Å²) in [6.45, 7) is 3.42. The summed E-state index contributed by atoms with van der Waals surface area (Å²) in [5.74, 6) is -0.427. The van der Waals surface area contributed by atoms with Crippen LogP contribution < -0.4 is 0 Å². The largest absolute Gasteiger partial charge is 0.416 e. The predicted octanol–water partition coefficient (Wildman–Crippen LogP) is 6.66. The lowest BCUT2D eigenvalue weighted by Gasteiger charge is -2.36. The van der Waals surface area contributed by atoms with Gasteiger partial charge in [-0.2, -0.15) is 26.3 Å². The fraction of sp³-hybridized carbons (Fsp3) is 0.480. The van der Waals surface area contributed by atoms with Gasteiger partial charge in [0.1, 0.15) is 5.82 Å². The summed E-state index contributed by atoms with van der Waals surface area (Å²) in [4.78, 5) is 18.2. The Kier molecular flexibility index (Phi) is 7.64. The fourth-order valence-electron chi connectivity index (χ4n) is 4.69. The van der Waals surface area contributed by atoms with Gasteiger partial charge >= 0.3 is 18.4 Å². The minimum Gasteiger partial charge on any atom is -0.321 e. The molecule has 1 heterocycles. The van der Waals surface area contributed by atoms with E-state index >= 15 is 0 Å². The van der Waals surface area contributed by atoms with E-state index in [4.69, 9.17) is 0 Å². The number of likely N-dealkylation sites (N-methyl/N-ethyl adjacent to an activating group) is 1. The number of alkyl halides is 6. The zero-order chi connectivity index (χ0) is 27.2. The number of likely N-dealkylation sites (tertiary alicyclic amines) is 1. The summed E-state index contributed by atoms with van der Waals surface area (Å²) < 4.78 is 93.8. The van der Waals surface area contributed by atoms with Crippen LogP contribution in [0.3, 0.4) is 0 Å². The molecular formula is C25H28F7N3O. The third-order valence-corrected chi connectivity index (χ3v) is 6.80. The van der Waals surface area contributed by atoms with Crippen LogP contribution in [0.4, 0.5) is 35.5 Å². The number of carbonyl (C=O) groups excluding carboxylic acids is 1. The van der Waals surface area contributed by atoms with Crippen molar-refractivity contribution in [3.8, 4) is 0 Å². The molecule has 2 aromatic carbocycles. The van der Waals surface area contributed by atoms with Crippen molar-refractivity contribution in [1.82, 2.24) is 14.7 Å². The van der Waals surface area contributed by atoms with Crippen LogP contribution in [0.25, 0.3) is 0 Å². The quantitative estimate of drug-likeness (QED) is 0.423. The molecule has 2 amide bonds. The first kappa shape index (κ1) is 27.8. The summed E-state index contributed by atoms with van der Waals surface area (Å²) >= 11 is 0. The van der Waals surface area contributed by atoms with Crippen LogP contribution >= 0.6 is 0 Å². The van der Waals surface area contributed by atoms with E-state index in [9.17, 15) is 35.5 Å². The smallest absolute Gasteiger partial charge is 0.321 e. The second-order valence-corrected chi connectivity index (χ2v) is 9.37. The molecule has 2 aromatic rings. The van der Waals surface area contributed by atoms with E-state index in [-0.39, 0.29) is 17.7 Å². The van der Waals surface area contributed by atoms with Crippen molar-refractivity contribution in [3.63, 3.8) is 0 Å². The second-order valence-electron chi connectivity index (χ2n) is 9.37. The van der Waals surface area contributed by atoms with Crippen molar-refractivity contribution < 1.29 is 35.5 Å². The van der Waals surface area contributed by atoms with Gasteiger partial charge < -0.3 is 14.7 Å². The van der Waals surface area contributed by atoms with E-state index in [0.717, 1.165) is 10.5 Å². The Morgan fingerprint density at radius 1 is 0.972 bits per heavy atom. The Balaban J connectivity index is 1.98. The molecule has 0 aliphatic carbocycles. The van der Waals surface area contributed by atoms with Gasteiger partial charge in [-0.05, 0) is 81.4 Å². The molecule has 0 spiro atoms. The lowest BCUT2D eigenvalue weighted by Crippen LogP contribution is -2.44. The van der Waals surface area contributed by atoms with Crippen LogP contribution in [0.5, 0.6) is 0 Å². The maximum Gasteiger partial charge on any atom is 0.416 e. The van der Waals surface area contributed by atoms with Crippen LogP contribution in [0, 0.1) is 12.7 Å². The van der Waals surface area contributed by atoms with E-state index in [1.807, 2.05) is 19.0 Å². The fourth-order valence-corrected chi connectivity index (χ4v) is 4.69. The number of hydrogen-bond donors (Lipinski definition) is 0. The summed E-state index contributed by atoms with van der Waals surface area (Å²) in [5, 5.41) is 0. The third-order valence-electron chi connectivity index (χ3n) is 6.80. The Hall–Kier alpha value is -2.82. The van der Waals surface area contributed by atoms with E-state index in [1.165, 1.54) is 26.1 Å². The molecule has 11 heteroatoms. The second kappa shape index (κ2) is 9.91. The first-order valence-electron chi connectivity index (χ1n) is 11.3. The molecule has 3 unspecified atom stereocenters. The maximum atomic E-state index is 13.7. The average Bonchev–Trinajstić information content (AvgIpc) is 3.21. The van der Waals surface area contributed by atoms with Crippen LogP contribution in [-0.2, 0) is 12.4 Å². The van der Waals surface area contributed by atoms with Gasteiger partial charge in [0, 0.05) is 19.6 Å². The minimum atomic E-state index is -4.99. The molecule has 1 saturated heterocycles. The number of rotatable bonds is 4. The Labute approximate surface area is 205 Å². The number of carbonyl (C=O) groups is 1. The molecule has 0 aromatic heterocycles. The van der Waals surface area contributed by atoms with Gasteiger partial charge in [-0.3, -0.25) is 0 Å². The number of aryl methyl sites for hydroxylation is 1. The highest BCUT2D eigenvalue weighted by Crippen LogP contribution is 2.40. The van der Waals surface area contributed by atoms with Crippen molar-refractivity contribution in [1.29, 1.82) is 0 Å². The molecule has 0 bridgehead atoms. The van der Waals surface area contributed by atoms with E-state index in [2.05, 4.69) is 0 Å². The summed E-state index contributed by atoms with van der Waals surface area (Å²) in [5.41, 5.74) is -1.80. The van der Waals surface area contributed by atoms with Crippen LogP contribution in [0.2, 0.25) is 0 Å². The summed E-state index contributed by atoms with van der Waals surface area (Å²) in [6, 6.07) is 3.36. The lowest BCUT2D eigenvalue weighted by molar-refractivity contribution is -0.143. The van der Waals surface area contributed by atoms with Crippen LogP contribution in [0.15, 0.2) is 36.4 Å². The Morgan fingerprint density at radius 2 is 1.53 bits per heavy atom. The van der Waals surface area contributed by atoms with Gasteiger partial charge in [0.2, 0.25) is 0 Å². The van der Waals surface area contributed by atoms with E-state index < -0.39 is 47.4 Å². The molecule has 3 rings (SSSR count). The standard InChI is InChI=1S/C25H28F7N3O/c1-14-10-19(26)6-7-20(14)22-21(33(3)4)8-9-35(22)23(36)34(5)15(2)16-11-17(24(27,28)29)13-18(12-16)25(30,31)32/h6-7,10-13,15,21-22H,8-9H2,1-5H3. The van der Waals surface area contributed by atoms with Gasteiger partial charge in [-0.15, -0.1) is 0 Å². The van der Waals surface area contributed by atoms with Gasteiger partial charge in [0.05, 0.1) is 23.2 Å². The molecular weight excluding hydrogens is 491 g/mol. The maximum absolute atomic E-state index is 13.7. The topological polar surface area (TPSA) is 26.8 Å². The third kappa shape index (κ3) is 5.61.